The SMILES string of the molecule is COC(=O)c1csc(CN(C(=O)c2ccc(Br)cc2)C2CC2)n1. The van der Waals surface area contributed by atoms with E-state index in [1.807, 2.05) is 29.2 Å². The molecule has 1 heterocycles. The molecule has 1 aliphatic carbocycles. The van der Waals surface area contributed by atoms with E-state index in [1.54, 1.807) is 5.38 Å². The first-order valence-electron chi connectivity index (χ1n) is 7.17. The van der Waals surface area contributed by atoms with E-state index in [0.29, 0.717) is 17.8 Å². The van der Waals surface area contributed by atoms with Crippen LogP contribution >= 0.6 is 27.3 Å². The molecule has 1 amide bonds. The summed E-state index contributed by atoms with van der Waals surface area (Å²) in [6.07, 6.45) is 2.02. The van der Waals surface area contributed by atoms with Crippen LogP contribution in [-0.4, -0.2) is 34.9 Å². The van der Waals surface area contributed by atoms with E-state index in [2.05, 4.69) is 25.7 Å². The fourth-order valence-corrected chi connectivity index (χ4v) is 3.26. The number of aromatic nitrogens is 1. The molecule has 0 saturated heterocycles. The van der Waals surface area contributed by atoms with Crippen molar-refractivity contribution in [2.24, 2.45) is 0 Å². The number of methoxy groups -OCH3 is 1. The number of hydrogen-bond acceptors (Lipinski definition) is 5. The van der Waals surface area contributed by atoms with E-state index in [1.165, 1.54) is 18.4 Å². The molecule has 0 bridgehead atoms. The van der Waals surface area contributed by atoms with Gasteiger partial charge in [-0.25, -0.2) is 9.78 Å². The van der Waals surface area contributed by atoms with Crippen LogP contribution < -0.4 is 0 Å². The number of nitrogens with zero attached hydrogens (tertiary/aromatic N) is 2. The van der Waals surface area contributed by atoms with Crippen molar-refractivity contribution in [2.45, 2.75) is 25.4 Å². The minimum absolute atomic E-state index is 0.00480. The molecule has 5 nitrogen and oxygen atoms in total. The van der Waals surface area contributed by atoms with Crippen molar-refractivity contribution in [1.82, 2.24) is 9.88 Å². The van der Waals surface area contributed by atoms with E-state index >= 15 is 0 Å². The third-order valence-electron chi connectivity index (χ3n) is 3.59. The lowest BCUT2D eigenvalue weighted by Crippen LogP contribution is -2.32. The van der Waals surface area contributed by atoms with Crippen molar-refractivity contribution < 1.29 is 14.3 Å². The van der Waals surface area contributed by atoms with Gasteiger partial charge in [-0.1, -0.05) is 15.9 Å². The van der Waals surface area contributed by atoms with E-state index in [9.17, 15) is 9.59 Å². The fourth-order valence-electron chi connectivity index (χ4n) is 2.24. The number of halogens is 1. The van der Waals surface area contributed by atoms with Crippen molar-refractivity contribution >= 4 is 39.1 Å². The lowest BCUT2D eigenvalue weighted by atomic mass is 10.2. The Hall–Kier alpha value is -1.73. The van der Waals surface area contributed by atoms with Crippen LogP contribution in [0, 0.1) is 0 Å². The zero-order valence-corrected chi connectivity index (χ0v) is 14.9. The minimum Gasteiger partial charge on any atom is -0.464 e. The zero-order chi connectivity index (χ0) is 16.4. The lowest BCUT2D eigenvalue weighted by molar-refractivity contribution is 0.0594. The molecule has 1 aromatic heterocycles. The molecule has 1 aliphatic rings. The van der Waals surface area contributed by atoms with Crippen molar-refractivity contribution in [3.05, 3.63) is 50.4 Å². The van der Waals surface area contributed by atoms with Gasteiger partial charge in [-0.3, -0.25) is 4.79 Å². The smallest absolute Gasteiger partial charge is 0.357 e. The fraction of sp³-hybridized carbons (Fsp3) is 0.312. The molecule has 120 valence electrons. The van der Waals surface area contributed by atoms with Crippen molar-refractivity contribution in [1.29, 1.82) is 0 Å². The molecule has 0 aliphatic heterocycles. The van der Waals surface area contributed by atoms with Crippen LogP contribution in [0.2, 0.25) is 0 Å². The normalized spacial score (nSPS) is 13.7. The molecular weight excluding hydrogens is 380 g/mol. The quantitative estimate of drug-likeness (QED) is 0.728. The summed E-state index contributed by atoms with van der Waals surface area (Å²) in [7, 11) is 1.33. The Labute approximate surface area is 146 Å². The van der Waals surface area contributed by atoms with E-state index in [-0.39, 0.29) is 11.9 Å². The first-order valence-corrected chi connectivity index (χ1v) is 8.85. The molecule has 7 heteroatoms. The molecule has 1 aromatic carbocycles. The summed E-state index contributed by atoms with van der Waals surface area (Å²) in [5.41, 5.74) is 0.948. The Bertz CT molecular complexity index is 725. The van der Waals surface area contributed by atoms with Gasteiger partial charge in [0.05, 0.1) is 13.7 Å². The third kappa shape index (κ3) is 3.79. The lowest BCUT2D eigenvalue weighted by Gasteiger charge is -2.21. The topological polar surface area (TPSA) is 59.5 Å². The minimum atomic E-state index is -0.454. The summed E-state index contributed by atoms with van der Waals surface area (Å²) < 4.78 is 5.60. The Morgan fingerprint density at radius 3 is 2.65 bits per heavy atom. The third-order valence-corrected chi connectivity index (χ3v) is 4.95. The van der Waals surface area contributed by atoms with Gasteiger partial charge in [-0.2, -0.15) is 0 Å². The Morgan fingerprint density at radius 2 is 2.04 bits per heavy atom. The monoisotopic (exact) mass is 394 g/mol. The van der Waals surface area contributed by atoms with Gasteiger partial charge in [0.2, 0.25) is 0 Å². The van der Waals surface area contributed by atoms with Gasteiger partial charge in [0.1, 0.15) is 5.01 Å². The highest BCUT2D eigenvalue weighted by Crippen LogP contribution is 2.30. The standard InChI is InChI=1S/C16H15BrN2O3S/c1-22-16(21)13-9-23-14(18-13)8-19(12-6-7-12)15(20)10-2-4-11(17)5-3-10/h2-5,9,12H,6-8H2,1H3. The molecule has 0 atom stereocenters. The summed E-state index contributed by atoms with van der Waals surface area (Å²) in [5.74, 6) is -0.459. The first-order chi connectivity index (χ1) is 11.1. The van der Waals surface area contributed by atoms with Crippen LogP contribution in [0.4, 0.5) is 0 Å². The van der Waals surface area contributed by atoms with Crippen LogP contribution in [0.1, 0.15) is 38.7 Å². The Balaban J connectivity index is 1.77. The average molecular weight is 395 g/mol. The molecule has 23 heavy (non-hydrogen) atoms. The molecular formula is C16H15BrN2O3S. The number of rotatable bonds is 5. The van der Waals surface area contributed by atoms with Crippen LogP contribution in [0.25, 0.3) is 0 Å². The molecule has 1 fully saturated rings. The molecule has 0 unspecified atom stereocenters. The summed E-state index contributed by atoms with van der Waals surface area (Å²) in [4.78, 5) is 30.3. The second-order valence-electron chi connectivity index (χ2n) is 5.29. The zero-order valence-electron chi connectivity index (χ0n) is 12.5. The number of esters is 1. The summed E-state index contributed by atoms with van der Waals surface area (Å²) in [6, 6.07) is 7.60. The molecule has 0 N–H and O–H groups in total. The summed E-state index contributed by atoms with van der Waals surface area (Å²) >= 11 is 4.74. The Morgan fingerprint density at radius 1 is 1.35 bits per heavy atom. The second kappa shape index (κ2) is 6.80. The van der Waals surface area contributed by atoms with E-state index < -0.39 is 5.97 Å². The van der Waals surface area contributed by atoms with Crippen LogP contribution in [-0.2, 0) is 11.3 Å². The first kappa shape index (κ1) is 16.1. The maximum absolute atomic E-state index is 12.7. The van der Waals surface area contributed by atoms with Crippen LogP contribution in [0.3, 0.4) is 0 Å². The molecule has 3 rings (SSSR count). The van der Waals surface area contributed by atoms with Gasteiger partial charge in [-0.05, 0) is 37.1 Å². The molecule has 0 radical (unpaired) electrons. The highest BCUT2D eigenvalue weighted by atomic mass is 79.9. The van der Waals surface area contributed by atoms with Gasteiger partial charge in [0.15, 0.2) is 5.69 Å². The predicted molar refractivity (Wildman–Crippen MR) is 90.5 cm³/mol. The number of carbonyl (C=O) groups excluding carboxylic acids is 2. The number of benzene rings is 1. The van der Waals surface area contributed by atoms with Crippen LogP contribution in [0.5, 0.6) is 0 Å². The number of carbonyl (C=O) groups is 2. The van der Waals surface area contributed by atoms with Gasteiger partial charge < -0.3 is 9.64 Å². The van der Waals surface area contributed by atoms with E-state index in [0.717, 1.165) is 22.3 Å². The number of ether oxygens (including phenoxy) is 1. The number of amides is 1. The highest BCUT2D eigenvalue weighted by molar-refractivity contribution is 9.10. The van der Waals surface area contributed by atoms with Gasteiger partial charge in [0, 0.05) is 21.5 Å². The van der Waals surface area contributed by atoms with Gasteiger partial charge in [-0.15, -0.1) is 11.3 Å². The molecule has 2 aromatic rings. The maximum atomic E-state index is 12.7. The van der Waals surface area contributed by atoms with Crippen molar-refractivity contribution in [3.63, 3.8) is 0 Å². The summed E-state index contributed by atoms with van der Waals surface area (Å²) in [6.45, 7) is 0.418. The Kier molecular flexibility index (Phi) is 4.77. The highest BCUT2D eigenvalue weighted by Gasteiger charge is 2.33. The second-order valence-corrected chi connectivity index (χ2v) is 7.15. The van der Waals surface area contributed by atoms with Crippen molar-refractivity contribution in [3.8, 4) is 0 Å². The average Bonchev–Trinajstić information content (AvgIpc) is 3.30. The molecule has 0 spiro atoms. The predicted octanol–water partition coefficient (Wildman–Crippen LogP) is 3.50. The van der Waals surface area contributed by atoms with Gasteiger partial charge >= 0.3 is 5.97 Å². The summed E-state index contributed by atoms with van der Waals surface area (Å²) in [5, 5.41) is 2.40. The number of thiazole rings is 1. The van der Waals surface area contributed by atoms with Crippen LogP contribution in [0.15, 0.2) is 34.1 Å². The largest absolute Gasteiger partial charge is 0.464 e. The van der Waals surface area contributed by atoms with Crippen molar-refractivity contribution in [2.75, 3.05) is 7.11 Å². The van der Waals surface area contributed by atoms with Gasteiger partial charge in [0.25, 0.3) is 5.91 Å². The van der Waals surface area contributed by atoms with E-state index in [4.69, 9.17) is 0 Å². The molecule has 1 saturated carbocycles. The maximum Gasteiger partial charge on any atom is 0.357 e. The number of hydrogen-bond donors (Lipinski definition) is 0.